The van der Waals surface area contributed by atoms with Gasteiger partial charge in [0.2, 0.25) is 0 Å². The summed E-state index contributed by atoms with van der Waals surface area (Å²) in [5, 5.41) is 6.68. The molecule has 110 valence electrons. The fourth-order valence-electron chi connectivity index (χ4n) is 2.73. The van der Waals surface area contributed by atoms with Crippen molar-refractivity contribution in [2.45, 2.75) is 30.4 Å². The molecule has 0 aliphatic heterocycles. The van der Waals surface area contributed by atoms with E-state index in [1.807, 2.05) is 17.8 Å². The number of amides is 1. The first-order valence-corrected chi connectivity index (χ1v) is 8.51. The lowest BCUT2D eigenvalue weighted by Gasteiger charge is -2.27. The van der Waals surface area contributed by atoms with Gasteiger partial charge >= 0.3 is 0 Å². The average Bonchev–Trinajstić information content (AvgIpc) is 2.94. The van der Waals surface area contributed by atoms with Crippen LogP contribution in [0.4, 0.5) is 5.69 Å². The second kappa shape index (κ2) is 6.72. The summed E-state index contributed by atoms with van der Waals surface area (Å²) in [5.41, 5.74) is 1.41. The van der Waals surface area contributed by atoms with E-state index in [-0.39, 0.29) is 10.7 Å². The summed E-state index contributed by atoms with van der Waals surface area (Å²) in [5.74, 6) is -0.0582. The molecule has 1 aliphatic rings. The summed E-state index contributed by atoms with van der Waals surface area (Å²) in [6, 6.07) is 5.32. The van der Waals surface area contributed by atoms with Crippen LogP contribution < -0.4 is 10.6 Å². The van der Waals surface area contributed by atoms with Crippen LogP contribution in [0.1, 0.15) is 36.0 Å². The number of anilines is 1. The van der Waals surface area contributed by atoms with Crippen LogP contribution in [0.5, 0.6) is 0 Å². The van der Waals surface area contributed by atoms with Gasteiger partial charge in [0.25, 0.3) is 5.91 Å². The lowest BCUT2D eigenvalue weighted by molar-refractivity contribution is 0.0950. The molecule has 0 radical (unpaired) electrons. The molecule has 1 amide bonds. The molecule has 0 atom stereocenters. The van der Waals surface area contributed by atoms with Gasteiger partial charge in [-0.25, -0.2) is 0 Å². The number of hydrogen-bond donors (Lipinski definition) is 2. The van der Waals surface area contributed by atoms with Crippen molar-refractivity contribution in [2.24, 2.45) is 0 Å². The molecule has 0 aromatic heterocycles. The fourth-order valence-corrected chi connectivity index (χ4v) is 3.82. The van der Waals surface area contributed by atoms with E-state index in [2.05, 4.69) is 16.9 Å². The first kappa shape index (κ1) is 15.5. The van der Waals surface area contributed by atoms with E-state index in [1.165, 1.54) is 25.7 Å². The van der Waals surface area contributed by atoms with Crippen LogP contribution in [0, 0.1) is 0 Å². The summed E-state index contributed by atoms with van der Waals surface area (Å²) in [6.45, 7) is 0.725. The zero-order valence-corrected chi connectivity index (χ0v) is 13.5. The number of rotatable bonds is 5. The van der Waals surface area contributed by atoms with E-state index in [0.717, 1.165) is 12.2 Å². The van der Waals surface area contributed by atoms with Crippen molar-refractivity contribution in [3.63, 3.8) is 0 Å². The Bertz CT molecular complexity index is 487. The first-order chi connectivity index (χ1) is 9.60. The standard InChI is InChI=1S/C15H21ClN2OS/c1-17-13-6-5-11(16)9-12(13)14(19)18-10-15(20-2)7-3-4-8-15/h5-6,9,17H,3-4,7-8,10H2,1-2H3,(H,18,19). The maximum Gasteiger partial charge on any atom is 0.253 e. The summed E-state index contributed by atoms with van der Waals surface area (Å²) < 4.78 is 0.216. The molecule has 1 aromatic rings. The van der Waals surface area contributed by atoms with Gasteiger partial charge in [-0.2, -0.15) is 11.8 Å². The van der Waals surface area contributed by atoms with Gasteiger partial charge < -0.3 is 10.6 Å². The first-order valence-electron chi connectivity index (χ1n) is 6.91. The third kappa shape index (κ3) is 3.41. The molecule has 20 heavy (non-hydrogen) atoms. The molecular weight excluding hydrogens is 292 g/mol. The number of nitrogens with one attached hydrogen (secondary N) is 2. The zero-order valence-electron chi connectivity index (χ0n) is 12.0. The number of halogens is 1. The van der Waals surface area contributed by atoms with Crippen molar-refractivity contribution >= 4 is 35.0 Å². The molecule has 3 nitrogen and oxygen atoms in total. The highest BCUT2D eigenvalue weighted by Gasteiger charge is 2.33. The predicted molar refractivity (Wildman–Crippen MR) is 88.0 cm³/mol. The van der Waals surface area contributed by atoms with Crippen molar-refractivity contribution in [1.82, 2.24) is 5.32 Å². The van der Waals surface area contributed by atoms with Gasteiger partial charge in [0.05, 0.1) is 5.56 Å². The Balaban J connectivity index is 2.06. The topological polar surface area (TPSA) is 41.1 Å². The molecule has 0 bridgehead atoms. The number of carbonyl (C=O) groups is 1. The molecule has 2 rings (SSSR count). The number of carbonyl (C=O) groups excluding carboxylic acids is 1. The van der Waals surface area contributed by atoms with Gasteiger partial charge in [0, 0.05) is 29.0 Å². The van der Waals surface area contributed by atoms with E-state index in [0.29, 0.717) is 10.6 Å². The fraction of sp³-hybridized carbons (Fsp3) is 0.533. The Morgan fingerprint density at radius 1 is 1.40 bits per heavy atom. The summed E-state index contributed by atoms with van der Waals surface area (Å²) >= 11 is 7.86. The second-order valence-corrected chi connectivity index (χ2v) is 6.93. The van der Waals surface area contributed by atoms with E-state index in [9.17, 15) is 4.79 Å². The molecule has 0 unspecified atom stereocenters. The average molecular weight is 313 g/mol. The normalized spacial score (nSPS) is 16.9. The largest absolute Gasteiger partial charge is 0.387 e. The Kier molecular flexibility index (Phi) is 5.22. The van der Waals surface area contributed by atoms with Crippen LogP contribution in [-0.4, -0.2) is 30.5 Å². The zero-order chi connectivity index (χ0) is 14.6. The van der Waals surface area contributed by atoms with Crippen molar-refractivity contribution in [2.75, 3.05) is 25.2 Å². The Labute approximate surface area is 129 Å². The van der Waals surface area contributed by atoms with Crippen LogP contribution in [0.15, 0.2) is 18.2 Å². The van der Waals surface area contributed by atoms with Crippen LogP contribution in [-0.2, 0) is 0 Å². The third-order valence-electron chi connectivity index (χ3n) is 4.01. The van der Waals surface area contributed by atoms with Gasteiger partial charge in [0.1, 0.15) is 0 Å². The van der Waals surface area contributed by atoms with Gasteiger partial charge in [-0.15, -0.1) is 0 Å². The van der Waals surface area contributed by atoms with Crippen LogP contribution in [0.3, 0.4) is 0 Å². The highest BCUT2D eigenvalue weighted by atomic mass is 35.5. The Morgan fingerprint density at radius 2 is 2.10 bits per heavy atom. The Morgan fingerprint density at radius 3 is 2.70 bits per heavy atom. The summed E-state index contributed by atoms with van der Waals surface area (Å²) in [6.07, 6.45) is 7.02. The second-order valence-electron chi connectivity index (χ2n) is 5.22. The van der Waals surface area contributed by atoms with Gasteiger partial charge in [-0.05, 0) is 37.3 Å². The quantitative estimate of drug-likeness (QED) is 0.869. The highest BCUT2D eigenvalue weighted by molar-refractivity contribution is 8.00. The minimum absolute atomic E-state index is 0.0582. The third-order valence-corrected chi connectivity index (χ3v) is 5.67. The molecule has 0 heterocycles. The molecule has 1 fully saturated rings. The molecule has 0 saturated heterocycles. The minimum atomic E-state index is -0.0582. The molecular formula is C15H21ClN2OS. The highest BCUT2D eigenvalue weighted by Crippen LogP contribution is 2.39. The molecule has 2 N–H and O–H groups in total. The van der Waals surface area contributed by atoms with E-state index in [1.54, 1.807) is 19.2 Å². The van der Waals surface area contributed by atoms with Gasteiger partial charge in [-0.3, -0.25) is 4.79 Å². The molecule has 5 heteroatoms. The number of thioether (sulfide) groups is 1. The molecule has 1 aliphatic carbocycles. The SMILES string of the molecule is CNc1ccc(Cl)cc1C(=O)NCC1(SC)CCCC1. The van der Waals surface area contributed by atoms with Crippen LogP contribution in [0.2, 0.25) is 5.02 Å². The minimum Gasteiger partial charge on any atom is -0.387 e. The van der Waals surface area contributed by atoms with Crippen LogP contribution >= 0.6 is 23.4 Å². The Hall–Kier alpha value is -0.870. The van der Waals surface area contributed by atoms with E-state index >= 15 is 0 Å². The van der Waals surface area contributed by atoms with Crippen molar-refractivity contribution in [3.8, 4) is 0 Å². The summed E-state index contributed by atoms with van der Waals surface area (Å²) in [4.78, 5) is 12.4. The molecule has 0 spiro atoms. The lowest BCUT2D eigenvalue weighted by atomic mass is 10.1. The van der Waals surface area contributed by atoms with E-state index in [4.69, 9.17) is 11.6 Å². The van der Waals surface area contributed by atoms with Crippen molar-refractivity contribution in [1.29, 1.82) is 0 Å². The van der Waals surface area contributed by atoms with Gasteiger partial charge in [0.15, 0.2) is 0 Å². The number of hydrogen-bond acceptors (Lipinski definition) is 3. The molecule has 1 aromatic carbocycles. The van der Waals surface area contributed by atoms with E-state index < -0.39 is 0 Å². The maximum absolute atomic E-state index is 12.4. The smallest absolute Gasteiger partial charge is 0.253 e. The summed E-state index contributed by atoms with van der Waals surface area (Å²) in [7, 11) is 1.81. The molecule has 1 saturated carbocycles. The predicted octanol–water partition coefficient (Wildman–Crippen LogP) is 3.79. The number of benzene rings is 1. The van der Waals surface area contributed by atoms with Crippen molar-refractivity contribution in [3.05, 3.63) is 28.8 Å². The monoisotopic (exact) mass is 312 g/mol. The maximum atomic E-state index is 12.4. The van der Waals surface area contributed by atoms with Gasteiger partial charge in [-0.1, -0.05) is 24.4 Å². The van der Waals surface area contributed by atoms with Crippen molar-refractivity contribution < 1.29 is 4.79 Å². The van der Waals surface area contributed by atoms with Crippen LogP contribution in [0.25, 0.3) is 0 Å². The lowest BCUT2D eigenvalue weighted by Crippen LogP contribution is -2.38.